The van der Waals surface area contributed by atoms with Gasteiger partial charge in [-0.15, -0.1) is 11.3 Å². The number of carbonyl (C=O) groups excluding carboxylic acids is 2. The Labute approximate surface area is 176 Å². The SMILES string of the molecule is CC(C)CN1C(=O)c2ccccc2[C@@H](C(=O)N2CCN(C)CC2)[C@@H]1c1cccs1. The average Bonchev–Trinajstić information content (AvgIpc) is 3.24. The molecule has 6 heteroatoms. The Bertz CT molecular complexity index is 872. The molecule has 0 spiro atoms. The summed E-state index contributed by atoms with van der Waals surface area (Å²) in [6.07, 6.45) is 0. The molecule has 0 aliphatic carbocycles. The van der Waals surface area contributed by atoms with Crippen molar-refractivity contribution in [3.63, 3.8) is 0 Å². The van der Waals surface area contributed by atoms with Crippen molar-refractivity contribution in [1.82, 2.24) is 14.7 Å². The normalized spacial score (nSPS) is 22.8. The average molecular weight is 412 g/mol. The summed E-state index contributed by atoms with van der Waals surface area (Å²) < 4.78 is 0. The highest BCUT2D eigenvalue weighted by Crippen LogP contribution is 2.45. The molecule has 2 atom stereocenters. The van der Waals surface area contributed by atoms with Crippen molar-refractivity contribution >= 4 is 23.2 Å². The largest absolute Gasteiger partial charge is 0.340 e. The predicted octanol–water partition coefficient (Wildman–Crippen LogP) is 3.46. The first-order valence-corrected chi connectivity index (χ1v) is 11.3. The van der Waals surface area contributed by atoms with Crippen molar-refractivity contribution in [2.45, 2.75) is 25.8 Å². The van der Waals surface area contributed by atoms with E-state index in [2.05, 4.69) is 31.9 Å². The molecular formula is C23H29N3O2S. The van der Waals surface area contributed by atoms with Gasteiger partial charge >= 0.3 is 0 Å². The van der Waals surface area contributed by atoms with Crippen molar-refractivity contribution in [2.24, 2.45) is 5.92 Å². The molecule has 2 aromatic rings. The van der Waals surface area contributed by atoms with E-state index in [1.807, 2.05) is 45.5 Å². The third-order valence-corrected chi connectivity index (χ3v) is 6.86. The highest BCUT2D eigenvalue weighted by atomic mass is 32.1. The molecule has 29 heavy (non-hydrogen) atoms. The number of benzene rings is 1. The topological polar surface area (TPSA) is 43.9 Å². The zero-order chi connectivity index (χ0) is 20.5. The Balaban J connectivity index is 1.81. The maximum atomic E-state index is 13.8. The molecular weight excluding hydrogens is 382 g/mol. The Morgan fingerprint density at radius 3 is 2.48 bits per heavy atom. The van der Waals surface area contributed by atoms with Gasteiger partial charge in [-0.1, -0.05) is 38.1 Å². The fourth-order valence-corrected chi connectivity index (χ4v) is 5.33. The third kappa shape index (κ3) is 3.83. The molecule has 1 saturated heterocycles. The number of hydrogen-bond acceptors (Lipinski definition) is 4. The number of thiophene rings is 1. The van der Waals surface area contributed by atoms with Gasteiger partial charge in [0.1, 0.15) is 0 Å². The van der Waals surface area contributed by atoms with Crippen molar-refractivity contribution in [2.75, 3.05) is 39.8 Å². The summed E-state index contributed by atoms with van der Waals surface area (Å²) >= 11 is 1.63. The third-order valence-electron chi connectivity index (χ3n) is 5.92. The lowest BCUT2D eigenvalue weighted by molar-refractivity contribution is -0.136. The van der Waals surface area contributed by atoms with Crippen LogP contribution in [0.4, 0.5) is 0 Å². The zero-order valence-corrected chi connectivity index (χ0v) is 18.2. The van der Waals surface area contributed by atoms with Gasteiger partial charge in [-0.2, -0.15) is 0 Å². The number of nitrogens with zero attached hydrogens (tertiary/aromatic N) is 3. The Kier molecular flexibility index (Phi) is 5.74. The summed E-state index contributed by atoms with van der Waals surface area (Å²) in [7, 11) is 2.09. The first-order valence-electron chi connectivity index (χ1n) is 10.4. The van der Waals surface area contributed by atoms with Crippen LogP contribution in [0.5, 0.6) is 0 Å². The number of fused-ring (bicyclic) bond motifs is 1. The molecule has 4 rings (SSSR count). The maximum Gasteiger partial charge on any atom is 0.254 e. The minimum Gasteiger partial charge on any atom is -0.340 e. The van der Waals surface area contributed by atoms with Gasteiger partial charge in [-0.3, -0.25) is 9.59 Å². The molecule has 0 saturated carbocycles. The van der Waals surface area contributed by atoms with Crippen LogP contribution in [-0.4, -0.2) is 66.3 Å². The van der Waals surface area contributed by atoms with E-state index in [9.17, 15) is 9.59 Å². The first kappa shape index (κ1) is 20.1. The van der Waals surface area contributed by atoms with Gasteiger partial charge in [0, 0.05) is 43.2 Å². The second-order valence-corrected chi connectivity index (χ2v) is 9.48. The van der Waals surface area contributed by atoms with E-state index in [4.69, 9.17) is 0 Å². The van der Waals surface area contributed by atoms with Crippen LogP contribution in [0.15, 0.2) is 41.8 Å². The molecule has 3 heterocycles. The van der Waals surface area contributed by atoms with Crippen LogP contribution in [0.3, 0.4) is 0 Å². The fraction of sp³-hybridized carbons (Fsp3) is 0.478. The number of amides is 2. The van der Waals surface area contributed by atoms with E-state index < -0.39 is 0 Å². The van der Waals surface area contributed by atoms with Crippen molar-refractivity contribution in [3.8, 4) is 0 Å². The lowest BCUT2D eigenvalue weighted by atomic mass is 9.80. The summed E-state index contributed by atoms with van der Waals surface area (Å²) in [4.78, 5) is 34.6. The molecule has 2 aliphatic rings. The van der Waals surface area contributed by atoms with E-state index in [1.165, 1.54) is 0 Å². The lowest BCUT2D eigenvalue weighted by Crippen LogP contribution is -2.53. The number of carbonyl (C=O) groups is 2. The van der Waals surface area contributed by atoms with Crippen LogP contribution in [0.2, 0.25) is 0 Å². The van der Waals surface area contributed by atoms with E-state index >= 15 is 0 Å². The van der Waals surface area contributed by atoms with Crippen LogP contribution in [0.1, 0.15) is 46.6 Å². The molecule has 1 aromatic carbocycles. The van der Waals surface area contributed by atoms with E-state index in [-0.39, 0.29) is 23.8 Å². The monoisotopic (exact) mass is 411 g/mol. The van der Waals surface area contributed by atoms with Crippen molar-refractivity contribution in [3.05, 3.63) is 57.8 Å². The number of piperazine rings is 1. The van der Waals surface area contributed by atoms with Gasteiger partial charge in [0.2, 0.25) is 5.91 Å². The fourth-order valence-electron chi connectivity index (χ4n) is 4.45. The maximum absolute atomic E-state index is 13.8. The van der Waals surface area contributed by atoms with Gasteiger partial charge in [0.25, 0.3) is 5.91 Å². The Hall–Kier alpha value is -2.18. The second kappa shape index (κ2) is 8.28. The van der Waals surface area contributed by atoms with Crippen LogP contribution in [-0.2, 0) is 4.79 Å². The van der Waals surface area contributed by atoms with Crippen LogP contribution in [0, 0.1) is 5.92 Å². The number of likely N-dealkylation sites (N-methyl/N-ethyl adjacent to an activating group) is 1. The molecule has 5 nitrogen and oxygen atoms in total. The quantitative estimate of drug-likeness (QED) is 0.774. The van der Waals surface area contributed by atoms with E-state index in [0.717, 1.165) is 36.6 Å². The van der Waals surface area contributed by atoms with Crippen LogP contribution in [0.25, 0.3) is 0 Å². The molecule has 0 bridgehead atoms. The second-order valence-electron chi connectivity index (χ2n) is 8.51. The van der Waals surface area contributed by atoms with Gasteiger partial charge < -0.3 is 14.7 Å². The van der Waals surface area contributed by atoms with Crippen LogP contribution >= 0.6 is 11.3 Å². The highest BCUT2D eigenvalue weighted by molar-refractivity contribution is 7.10. The number of rotatable bonds is 4. The smallest absolute Gasteiger partial charge is 0.254 e. The molecule has 2 amide bonds. The lowest BCUT2D eigenvalue weighted by Gasteiger charge is -2.44. The molecule has 154 valence electrons. The van der Waals surface area contributed by atoms with Crippen molar-refractivity contribution < 1.29 is 9.59 Å². The minimum atomic E-state index is -0.357. The molecule has 0 unspecified atom stereocenters. The zero-order valence-electron chi connectivity index (χ0n) is 17.4. The summed E-state index contributed by atoms with van der Waals surface area (Å²) in [6, 6.07) is 11.5. The van der Waals surface area contributed by atoms with Gasteiger partial charge in [-0.25, -0.2) is 0 Å². The molecule has 0 radical (unpaired) electrons. The number of hydrogen-bond donors (Lipinski definition) is 0. The predicted molar refractivity (Wildman–Crippen MR) is 116 cm³/mol. The molecule has 1 aromatic heterocycles. The Morgan fingerprint density at radius 2 is 1.83 bits per heavy atom. The molecule has 1 fully saturated rings. The minimum absolute atomic E-state index is 0.0372. The molecule has 0 N–H and O–H groups in total. The van der Waals surface area contributed by atoms with E-state index in [0.29, 0.717) is 18.0 Å². The summed E-state index contributed by atoms with van der Waals surface area (Å²) in [6.45, 7) is 8.14. The van der Waals surface area contributed by atoms with Gasteiger partial charge in [-0.05, 0) is 36.0 Å². The van der Waals surface area contributed by atoms with Gasteiger partial charge in [0.15, 0.2) is 0 Å². The summed E-state index contributed by atoms with van der Waals surface area (Å²) in [5, 5.41) is 2.03. The summed E-state index contributed by atoms with van der Waals surface area (Å²) in [5.74, 6) is 0.149. The Morgan fingerprint density at radius 1 is 1.10 bits per heavy atom. The van der Waals surface area contributed by atoms with Gasteiger partial charge in [0.05, 0.1) is 12.0 Å². The highest BCUT2D eigenvalue weighted by Gasteiger charge is 2.46. The first-order chi connectivity index (χ1) is 14.0. The summed E-state index contributed by atoms with van der Waals surface area (Å²) in [5.41, 5.74) is 1.55. The molecule has 2 aliphatic heterocycles. The van der Waals surface area contributed by atoms with Crippen molar-refractivity contribution in [1.29, 1.82) is 0 Å². The standard InChI is InChI=1S/C23H29N3O2S/c1-16(2)15-26-21(19-9-6-14-29-19)20(17-7-4-5-8-18(17)22(26)27)23(28)25-12-10-24(3)11-13-25/h4-9,14,16,20-21H,10-13,15H2,1-3H3/t20-,21+/m1/s1. The van der Waals surface area contributed by atoms with Crippen LogP contribution < -0.4 is 0 Å². The van der Waals surface area contributed by atoms with E-state index in [1.54, 1.807) is 11.3 Å².